The molecular weight excluding hydrogens is 117 g/mol. The monoisotopic (exact) mass is 123 g/mol. The largest absolute Gasteiger partial charge is 0.264 e. The molecule has 0 heterocycles. The molecule has 0 saturated heterocycles. The molecule has 1 atom stereocenters. The Labute approximate surface area is 46.4 Å². The number of nitrogens with zero attached hydrogens (tertiary/aromatic N) is 1. The van der Waals surface area contributed by atoms with Crippen molar-refractivity contribution in [2.75, 3.05) is 6.54 Å². The maximum absolute atomic E-state index is 9.53. The molecule has 0 bridgehead atoms. The predicted molar refractivity (Wildman–Crippen MR) is 27.2 cm³/mol. The molecule has 42 valence electrons. The second-order valence-corrected chi connectivity index (χ2v) is 2.04. The summed E-state index contributed by atoms with van der Waals surface area (Å²) in [5.41, 5.74) is 0. The summed E-state index contributed by atoms with van der Waals surface area (Å²) < 4.78 is 0. The first-order valence-corrected chi connectivity index (χ1v) is 2.32. The Morgan fingerprint density at radius 1 is 2.00 bits per heavy atom. The van der Waals surface area contributed by atoms with Crippen LogP contribution in [-0.2, 0) is 0 Å². The maximum Gasteiger partial charge on any atom is 0.219 e. The van der Waals surface area contributed by atoms with E-state index in [1.807, 2.05) is 0 Å². The quantitative estimate of drug-likeness (QED) is 0.311. The van der Waals surface area contributed by atoms with Crippen LogP contribution in [0.25, 0.3) is 0 Å². The molecule has 0 N–H and O–H groups in total. The number of nitro groups is 1. The molecule has 0 aromatic carbocycles. The van der Waals surface area contributed by atoms with Gasteiger partial charge in [0, 0.05) is 4.92 Å². The van der Waals surface area contributed by atoms with Crippen LogP contribution in [0.1, 0.15) is 6.92 Å². The van der Waals surface area contributed by atoms with Crippen LogP contribution in [0.4, 0.5) is 0 Å². The van der Waals surface area contributed by atoms with Crippen LogP contribution in [0.3, 0.4) is 0 Å². The van der Waals surface area contributed by atoms with Crippen LogP contribution >= 0.6 is 11.6 Å². The van der Waals surface area contributed by atoms with E-state index in [1.165, 1.54) is 0 Å². The topological polar surface area (TPSA) is 43.1 Å². The van der Waals surface area contributed by atoms with Crippen molar-refractivity contribution in [2.45, 2.75) is 12.3 Å². The number of alkyl halides is 1. The van der Waals surface area contributed by atoms with Crippen LogP contribution in [0.2, 0.25) is 0 Å². The fourth-order valence-corrected chi connectivity index (χ4v) is 0.318. The van der Waals surface area contributed by atoms with E-state index in [2.05, 4.69) is 0 Å². The number of hydrogen-bond donors (Lipinski definition) is 0. The van der Waals surface area contributed by atoms with E-state index in [0.29, 0.717) is 0 Å². The Morgan fingerprint density at radius 3 is 2.43 bits per heavy atom. The fourth-order valence-electron chi connectivity index (χ4n) is 0.205. The molecule has 7 heavy (non-hydrogen) atoms. The summed E-state index contributed by atoms with van der Waals surface area (Å²) in [5, 5.41) is 9.18. The van der Waals surface area contributed by atoms with Gasteiger partial charge in [-0.1, -0.05) is 0 Å². The SMILES string of the molecule is CC(Cl)C[N+](=O)[O-]. The van der Waals surface area contributed by atoms with E-state index in [-0.39, 0.29) is 11.9 Å². The van der Waals surface area contributed by atoms with Gasteiger partial charge < -0.3 is 0 Å². The lowest BCUT2D eigenvalue weighted by atomic mass is 10.5. The van der Waals surface area contributed by atoms with Crippen LogP contribution < -0.4 is 0 Å². The minimum atomic E-state index is -0.433. The number of halogens is 1. The van der Waals surface area contributed by atoms with Crippen molar-refractivity contribution in [1.82, 2.24) is 0 Å². The van der Waals surface area contributed by atoms with Gasteiger partial charge in [-0.15, -0.1) is 11.6 Å². The smallest absolute Gasteiger partial charge is 0.219 e. The molecule has 0 spiro atoms. The highest BCUT2D eigenvalue weighted by Crippen LogP contribution is 1.90. The number of hydrogen-bond acceptors (Lipinski definition) is 2. The summed E-state index contributed by atoms with van der Waals surface area (Å²) in [6.07, 6.45) is 0. The Balaban J connectivity index is 3.13. The molecule has 0 radical (unpaired) electrons. The molecule has 0 rings (SSSR count). The Hall–Kier alpha value is -0.310. The van der Waals surface area contributed by atoms with Gasteiger partial charge in [-0.2, -0.15) is 0 Å². The predicted octanol–water partition coefficient (Wildman–Crippen LogP) is 0.890. The van der Waals surface area contributed by atoms with Gasteiger partial charge in [-0.05, 0) is 6.92 Å². The molecule has 0 amide bonds. The van der Waals surface area contributed by atoms with Crippen LogP contribution in [0.5, 0.6) is 0 Å². The lowest BCUT2D eigenvalue weighted by Crippen LogP contribution is -2.09. The standard InChI is InChI=1S/C3H6ClNO2/c1-3(4)2-5(6)7/h3H,2H2,1H3. The van der Waals surface area contributed by atoms with Gasteiger partial charge in [0.1, 0.15) is 0 Å². The average molecular weight is 124 g/mol. The Bertz CT molecular complexity index is 73.3. The summed E-state index contributed by atoms with van der Waals surface area (Å²) in [6, 6.07) is 0. The third-order valence-corrected chi connectivity index (χ3v) is 0.539. The van der Waals surface area contributed by atoms with E-state index in [4.69, 9.17) is 11.6 Å². The minimum absolute atomic E-state index is 0.151. The Morgan fingerprint density at radius 2 is 2.43 bits per heavy atom. The summed E-state index contributed by atoms with van der Waals surface area (Å²) in [7, 11) is 0. The fraction of sp³-hybridized carbons (Fsp3) is 1.00. The Kier molecular flexibility index (Phi) is 2.67. The van der Waals surface area contributed by atoms with Crippen molar-refractivity contribution in [3.05, 3.63) is 10.1 Å². The molecule has 0 aliphatic carbocycles. The molecule has 0 fully saturated rings. The van der Waals surface area contributed by atoms with E-state index in [1.54, 1.807) is 6.92 Å². The molecule has 0 aromatic heterocycles. The second kappa shape index (κ2) is 2.80. The lowest BCUT2D eigenvalue weighted by molar-refractivity contribution is -0.478. The highest BCUT2D eigenvalue weighted by molar-refractivity contribution is 6.20. The van der Waals surface area contributed by atoms with Crippen molar-refractivity contribution in [2.24, 2.45) is 0 Å². The summed E-state index contributed by atoms with van der Waals surface area (Å²) in [5.74, 6) is 0. The van der Waals surface area contributed by atoms with Crippen LogP contribution in [0.15, 0.2) is 0 Å². The van der Waals surface area contributed by atoms with Crippen molar-refractivity contribution in [3.8, 4) is 0 Å². The van der Waals surface area contributed by atoms with E-state index in [9.17, 15) is 10.1 Å². The van der Waals surface area contributed by atoms with Crippen molar-refractivity contribution in [3.63, 3.8) is 0 Å². The van der Waals surface area contributed by atoms with Gasteiger partial charge in [0.05, 0.1) is 5.38 Å². The number of rotatable bonds is 2. The molecule has 4 heteroatoms. The zero-order valence-corrected chi connectivity index (χ0v) is 4.68. The first-order chi connectivity index (χ1) is 3.13. The van der Waals surface area contributed by atoms with Gasteiger partial charge >= 0.3 is 0 Å². The van der Waals surface area contributed by atoms with Gasteiger partial charge in [0.25, 0.3) is 0 Å². The third-order valence-electron chi connectivity index (χ3n) is 0.401. The van der Waals surface area contributed by atoms with Gasteiger partial charge in [-0.3, -0.25) is 10.1 Å². The van der Waals surface area contributed by atoms with Gasteiger partial charge in [0.2, 0.25) is 6.54 Å². The zero-order chi connectivity index (χ0) is 5.86. The van der Waals surface area contributed by atoms with E-state index >= 15 is 0 Å². The molecular formula is C3H6ClNO2. The molecule has 0 aliphatic heterocycles. The second-order valence-electron chi connectivity index (χ2n) is 1.30. The zero-order valence-electron chi connectivity index (χ0n) is 3.93. The third kappa shape index (κ3) is 5.69. The molecule has 0 aromatic rings. The van der Waals surface area contributed by atoms with Crippen LogP contribution in [-0.4, -0.2) is 16.8 Å². The lowest BCUT2D eigenvalue weighted by Gasteiger charge is -1.90. The van der Waals surface area contributed by atoms with E-state index < -0.39 is 4.92 Å². The molecule has 0 aliphatic rings. The van der Waals surface area contributed by atoms with Crippen molar-refractivity contribution in [1.29, 1.82) is 0 Å². The summed E-state index contributed by atoms with van der Waals surface area (Å²) in [6.45, 7) is 1.44. The average Bonchev–Trinajstić information content (AvgIpc) is 1.27. The maximum atomic E-state index is 9.53. The van der Waals surface area contributed by atoms with Crippen molar-refractivity contribution >= 4 is 11.6 Å². The first kappa shape index (κ1) is 6.69. The first-order valence-electron chi connectivity index (χ1n) is 1.89. The molecule has 0 saturated carbocycles. The highest BCUT2D eigenvalue weighted by Gasteiger charge is 2.01. The van der Waals surface area contributed by atoms with Crippen molar-refractivity contribution < 1.29 is 4.92 Å². The highest BCUT2D eigenvalue weighted by atomic mass is 35.5. The molecule has 1 unspecified atom stereocenters. The molecule has 3 nitrogen and oxygen atoms in total. The van der Waals surface area contributed by atoms with Gasteiger partial charge in [-0.25, -0.2) is 0 Å². The minimum Gasteiger partial charge on any atom is -0.264 e. The normalized spacial score (nSPS) is 13.4. The van der Waals surface area contributed by atoms with E-state index in [0.717, 1.165) is 0 Å². The van der Waals surface area contributed by atoms with Crippen LogP contribution in [0, 0.1) is 10.1 Å². The van der Waals surface area contributed by atoms with Gasteiger partial charge in [0.15, 0.2) is 0 Å². The summed E-state index contributed by atoms with van der Waals surface area (Å²) in [4.78, 5) is 9.10. The summed E-state index contributed by atoms with van der Waals surface area (Å²) >= 11 is 5.23.